The summed E-state index contributed by atoms with van der Waals surface area (Å²) in [4.78, 5) is 23.1. The average molecular weight is 429 g/mol. The summed E-state index contributed by atoms with van der Waals surface area (Å²) < 4.78 is 18.3. The van der Waals surface area contributed by atoms with Crippen molar-refractivity contribution in [2.24, 2.45) is 0 Å². The average Bonchev–Trinajstić information content (AvgIpc) is 3.33. The lowest BCUT2D eigenvalue weighted by Crippen LogP contribution is -2.25. The van der Waals surface area contributed by atoms with Crippen molar-refractivity contribution in [3.63, 3.8) is 0 Å². The number of carbonyl (C=O) groups is 1. The first-order valence-electron chi connectivity index (χ1n) is 9.72. The van der Waals surface area contributed by atoms with Crippen LogP contribution in [0.4, 0.5) is 11.6 Å². The molecule has 1 saturated heterocycles. The van der Waals surface area contributed by atoms with E-state index in [-0.39, 0.29) is 5.91 Å². The van der Waals surface area contributed by atoms with Gasteiger partial charge in [0.1, 0.15) is 5.82 Å². The fourth-order valence-corrected chi connectivity index (χ4v) is 3.52. The molecule has 1 fully saturated rings. The highest BCUT2D eigenvalue weighted by molar-refractivity contribution is 7.51. The molecule has 0 radical (unpaired) electrons. The smallest absolute Gasteiger partial charge is 0.335 e. The summed E-state index contributed by atoms with van der Waals surface area (Å²) in [5, 5.41) is 7.86. The van der Waals surface area contributed by atoms with E-state index in [0.29, 0.717) is 30.7 Å². The number of nitrogens with zero attached hydrogens (tertiary/aromatic N) is 5. The Morgan fingerprint density at radius 1 is 1.20 bits per heavy atom. The Bertz CT molecular complexity index is 1090. The molecular formula is C20H24N6O3S. The highest BCUT2D eigenvalue weighted by Crippen LogP contribution is 2.26. The Labute approximate surface area is 178 Å². The van der Waals surface area contributed by atoms with Crippen LogP contribution in [0.3, 0.4) is 0 Å². The number of amides is 1. The molecule has 0 unspecified atom stereocenters. The summed E-state index contributed by atoms with van der Waals surface area (Å²) >= 11 is -0.750. The van der Waals surface area contributed by atoms with E-state index in [1.807, 2.05) is 42.3 Å². The third-order valence-electron chi connectivity index (χ3n) is 4.92. The third-order valence-corrected chi connectivity index (χ3v) is 4.92. The normalized spacial score (nSPS) is 13.5. The Balaban J connectivity index is 0.000000806. The highest BCUT2D eigenvalue weighted by Gasteiger charge is 2.23. The maximum absolute atomic E-state index is 12.2. The van der Waals surface area contributed by atoms with Crippen molar-refractivity contribution in [3.8, 4) is 0 Å². The van der Waals surface area contributed by atoms with E-state index in [9.17, 15) is 4.79 Å². The first-order chi connectivity index (χ1) is 14.5. The summed E-state index contributed by atoms with van der Waals surface area (Å²) in [6.45, 7) is 7.49. The van der Waals surface area contributed by atoms with Gasteiger partial charge in [0.25, 0.3) is 0 Å². The Kier molecular flexibility index (Phi) is 6.88. The van der Waals surface area contributed by atoms with Gasteiger partial charge in [-0.25, -0.2) is 4.98 Å². The van der Waals surface area contributed by atoms with Gasteiger partial charge in [-0.3, -0.25) is 4.79 Å². The van der Waals surface area contributed by atoms with Gasteiger partial charge in [0.15, 0.2) is 5.65 Å². The van der Waals surface area contributed by atoms with Gasteiger partial charge in [-0.05, 0) is 30.9 Å². The zero-order valence-electron chi connectivity index (χ0n) is 17.2. The molecule has 1 N–H and O–H groups in total. The SMILES string of the molecule is Cc1nc(NCc2ccccc2N2CCCC2=O)n2ncc(C(C)C)c2n1.O=S=O. The molecule has 1 aliphatic rings. The molecule has 1 aliphatic heterocycles. The van der Waals surface area contributed by atoms with Crippen molar-refractivity contribution in [2.45, 2.75) is 46.1 Å². The minimum atomic E-state index is -0.750. The van der Waals surface area contributed by atoms with Crippen LogP contribution in [0.2, 0.25) is 0 Å². The fourth-order valence-electron chi connectivity index (χ4n) is 3.52. The van der Waals surface area contributed by atoms with Gasteiger partial charge in [0.05, 0.1) is 6.20 Å². The van der Waals surface area contributed by atoms with Crippen molar-refractivity contribution in [3.05, 3.63) is 47.4 Å². The van der Waals surface area contributed by atoms with Crippen LogP contribution in [0.5, 0.6) is 0 Å². The minimum absolute atomic E-state index is 0.191. The van der Waals surface area contributed by atoms with Crippen molar-refractivity contribution in [1.82, 2.24) is 19.6 Å². The number of hydrogen-bond acceptors (Lipinski definition) is 7. The Hall–Kier alpha value is -3.14. The number of rotatable bonds is 5. The van der Waals surface area contributed by atoms with Crippen LogP contribution in [0.1, 0.15) is 49.6 Å². The molecular weight excluding hydrogens is 404 g/mol. The molecule has 9 nitrogen and oxygen atoms in total. The lowest BCUT2D eigenvalue weighted by molar-refractivity contribution is -0.117. The third kappa shape index (κ3) is 4.54. The first-order valence-corrected chi connectivity index (χ1v) is 10.4. The lowest BCUT2D eigenvalue weighted by Gasteiger charge is -2.20. The molecule has 10 heteroatoms. The van der Waals surface area contributed by atoms with Crippen molar-refractivity contribution < 1.29 is 13.2 Å². The van der Waals surface area contributed by atoms with Crippen LogP contribution in [0.15, 0.2) is 30.5 Å². The molecule has 4 rings (SSSR count). The highest BCUT2D eigenvalue weighted by atomic mass is 32.1. The quantitative estimate of drug-likeness (QED) is 0.665. The summed E-state index contributed by atoms with van der Waals surface area (Å²) in [5.74, 6) is 1.89. The molecule has 1 aromatic carbocycles. The molecule has 158 valence electrons. The zero-order chi connectivity index (χ0) is 21.7. The van der Waals surface area contributed by atoms with Crippen LogP contribution in [0, 0.1) is 6.92 Å². The molecule has 2 aromatic heterocycles. The second kappa shape index (κ2) is 9.57. The van der Waals surface area contributed by atoms with Gasteiger partial charge in [0.2, 0.25) is 11.9 Å². The standard InChI is InChI=1S/C20H24N6O.O2S/c1-13(2)16-12-22-26-19(16)23-14(3)24-20(26)21-11-15-7-4-5-8-17(15)25-10-6-9-18(25)27;1-3-2/h4-5,7-8,12-13H,6,9-11H2,1-3H3,(H,21,23,24);. The van der Waals surface area contributed by atoms with E-state index < -0.39 is 11.6 Å². The maximum atomic E-state index is 12.2. The van der Waals surface area contributed by atoms with Crippen molar-refractivity contribution >= 4 is 34.8 Å². The number of para-hydroxylation sites is 1. The second-order valence-corrected chi connectivity index (χ2v) is 7.42. The summed E-state index contributed by atoms with van der Waals surface area (Å²) in [7, 11) is 0. The predicted molar refractivity (Wildman–Crippen MR) is 114 cm³/mol. The first kappa shape index (κ1) is 21.6. The zero-order valence-corrected chi connectivity index (χ0v) is 18.0. The van der Waals surface area contributed by atoms with E-state index in [2.05, 4.69) is 34.2 Å². The van der Waals surface area contributed by atoms with Gasteiger partial charge in [-0.2, -0.15) is 23.0 Å². The number of benzene rings is 1. The predicted octanol–water partition coefficient (Wildman–Crippen LogP) is 2.62. The molecule has 0 saturated carbocycles. The number of aromatic nitrogens is 4. The molecule has 0 spiro atoms. The van der Waals surface area contributed by atoms with Gasteiger partial charge < -0.3 is 10.2 Å². The van der Waals surface area contributed by atoms with Gasteiger partial charge in [-0.15, -0.1) is 0 Å². The van der Waals surface area contributed by atoms with Gasteiger partial charge in [-0.1, -0.05) is 32.0 Å². The van der Waals surface area contributed by atoms with Crippen molar-refractivity contribution in [2.75, 3.05) is 16.8 Å². The molecule has 3 aromatic rings. The molecule has 1 amide bonds. The van der Waals surface area contributed by atoms with E-state index in [1.54, 1.807) is 4.52 Å². The van der Waals surface area contributed by atoms with Crippen LogP contribution in [-0.4, -0.2) is 40.5 Å². The molecule has 0 bridgehead atoms. The van der Waals surface area contributed by atoms with Crippen LogP contribution < -0.4 is 10.2 Å². The number of hydrogen-bond donors (Lipinski definition) is 1. The van der Waals surface area contributed by atoms with E-state index in [0.717, 1.165) is 35.4 Å². The monoisotopic (exact) mass is 428 g/mol. The molecule has 3 heterocycles. The molecule has 0 atom stereocenters. The molecule has 30 heavy (non-hydrogen) atoms. The van der Waals surface area contributed by atoms with Crippen LogP contribution >= 0.6 is 0 Å². The van der Waals surface area contributed by atoms with Crippen LogP contribution in [-0.2, 0) is 22.9 Å². The second-order valence-electron chi connectivity index (χ2n) is 7.28. The number of anilines is 2. The Morgan fingerprint density at radius 2 is 1.93 bits per heavy atom. The van der Waals surface area contributed by atoms with Crippen molar-refractivity contribution in [1.29, 1.82) is 0 Å². The van der Waals surface area contributed by atoms with Gasteiger partial charge in [0, 0.05) is 30.8 Å². The lowest BCUT2D eigenvalue weighted by atomic mass is 10.1. The topological polar surface area (TPSA) is 110 Å². The van der Waals surface area contributed by atoms with E-state index in [1.165, 1.54) is 0 Å². The number of fused-ring (bicyclic) bond motifs is 1. The number of aryl methyl sites for hydroxylation is 1. The maximum Gasteiger partial charge on any atom is 0.335 e. The number of nitrogens with one attached hydrogen (secondary N) is 1. The van der Waals surface area contributed by atoms with E-state index in [4.69, 9.17) is 8.42 Å². The minimum Gasteiger partial charge on any atom is -0.350 e. The molecule has 0 aliphatic carbocycles. The summed E-state index contributed by atoms with van der Waals surface area (Å²) in [6, 6.07) is 8.01. The van der Waals surface area contributed by atoms with E-state index >= 15 is 0 Å². The number of carbonyl (C=O) groups excluding carboxylic acids is 1. The Morgan fingerprint density at radius 3 is 2.60 bits per heavy atom. The fraction of sp³-hybridized carbons (Fsp3) is 0.400. The summed E-state index contributed by atoms with van der Waals surface area (Å²) in [5.41, 5.74) is 3.97. The largest absolute Gasteiger partial charge is 0.350 e. The van der Waals surface area contributed by atoms with Gasteiger partial charge >= 0.3 is 11.6 Å². The van der Waals surface area contributed by atoms with Crippen LogP contribution in [0.25, 0.3) is 5.65 Å². The summed E-state index contributed by atoms with van der Waals surface area (Å²) in [6.07, 6.45) is 3.40.